The molecule has 0 aliphatic carbocycles. The van der Waals surface area contributed by atoms with Gasteiger partial charge in [0.25, 0.3) is 0 Å². The highest BCUT2D eigenvalue weighted by molar-refractivity contribution is 6.27. The number of aliphatic carboxylic acids is 2. The molecule has 2 aromatic carbocycles. The molecule has 11 heteroatoms. The van der Waals surface area contributed by atoms with Gasteiger partial charge in [0, 0.05) is 43.3 Å². The maximum absolute atomic E-state index is 13.9. The van der Waals surface area contributed by atoms with Crippen LogP contribution < -0.4 is 5.69 Å². The first kappa shape index (κ1) is 28.2. The molecule has 10 nitrogen and oxygen atoms in total. The summed E-state index contributed by atoms with van der Waals surface area (Å²) in [5.74, 6) is -3.14. The molecule has 2 fully saturated rings. The molecular weight excluding hydrogens is 507 g/mol. The number of halogens is 1. The van der Waals surface area contributed by atoms with Crippen LogP contribution in [-0.2, 0) is 34.5 Å². The van der Waals surface area contributed by atoms with E-state index in [4.69, 9.17) is 24.5 Å². The lowest BCUT2D eigenvalue weighted by Gasteiger charge is -2.38. The van der Waals surface area contributed by atoms with Crippen molar-refractivity contribution in [1.29, 1.82) is 0 Å². The molecule has 3 aromatic rings. The number of hydrogen-bond donors (Lipinski definition) is 2. The van der Waals surface area contributed by atoms with E-state index in [1.807, 2.05) is 36.4 Å². The summed E-state index contributed by atoms with van der Waals surface area (Å²) in [5.41, 5.74) is 1.51. The van der Waals surface area contributed by atoms with Gasteiger partial charge < -0.3 is 14.9 Å². The third kappa shape index (κ3) is 6.98. The Morgan fingerprint density at radius 2 is 1.59 bits per heavy atom. The predicted molar refractivity (Wildman–Crippen MR) is 141 cm³/mol. The lowest BCUT2D eigenvalue weighted by atomic mass is 9.99. The van der Waals surface area contributed by atoms with E-state index >= 15 is 0 Å². The van der Waals surface area contributed by atoms with E-state index in [0.29, 0.717) is 36.6 Å². The smallest absolute Gasteiger partial charge is 0.414 e. The van der Waals surface area contributed by atoms with Crippen molar-refractivity contribution in [1.82, 2.24) is 19.2 Å². The number of carboxylic acids is 2. The van der Waals surface area contributed by atoms with E-state index in [0.717, 1.165) is 31.4 Å². The van der Waals surface area contributed by atoms with Crippen molar-refractivity contribution in [2.24, 2.45) is 7.05 Å². The minimum Gasteiger partial charge on any atom is -0.473 e. The fourth-order valence-corrected chi connectivity index (χ4v) is 5.42. The molecule has 0 spiro atoms. The first-order chi connectivity index (χ1) is 18.7. The van der Waals surface area contributed by atoms with Crippen LogP contribution in [0.1, 0.15) is 37.7 Å². The van der Waals surface area contributed by atoms with Gasteiger partial charge in [-0.15, -0.1) is 5.10 Å². The highest BCUT2D eigenvalue weighted by atomic mass is 19.1. The second kappa shape index (κ2) is 12.8. The fraction of sp³-hybridized carbons (Fsp3) is 0.429. The average molecular weight is 541 g/mol. The topological polar surface area (TPSA) is 127 Å². The molecule has 1 aromatic heterocycles. The molecule has 2 aliphatic rings. The zero-order valence-electron chi connectivity index (χ0n) is 21.8. The molecule has 5 rings (SSSR count). The van der Waals surface area contributed by atoms with Crippen molar-refractivity contribution in [3.63, 3.8) is 0 Å². The largest absolute Gasteiger partial charge is 0.473 e. The van der Waals surface area contributed by atoms with E-state index in [1.54, 1.807) is 28.4 Å². The third-order valence-corrected chi connectivity index (χ3v) is 7.32. The van der Waals surface area contributed by atoms with Crippen LogP contribution in [0.15, 0.2) is 59.4 Å². The van der Waals surface area contributed by atoms with Crippen molar-refractivity contribution in [2.75, 3.05) is 6.54 Å². The van der Waals surface area contributed by atoms with Gasteiger partial charge in [-0.1, -0.05) is 48.5 Å². The standard InChI is InChI=1S/C26H31FN4O2.C2H2O4/c1-29-25(19-8-3-2-4-9-19)28-31(26(29)32)15-7-14-30-21-12-13-22(30)17-23(16-21)33-18-20-10-5-6-11-24(20)27;3-1(4)2(5)6/h2-6,8-11,21-23H,7,12-18H2,1H3;(H,3,4)(H,5,6). The molecule has 3 heterocycles. The van der Waals surface area contributed by atoms with E-state index in [-0.39, 0.29) is 17.6 Å². The van der Waals surface area contributed by atoms with Crippen LogP contribution in [0.3, 0.4) is 0 Å². The number of piperidine rings is 1. The summed E-state index contributed by atoms with van der Waals surface area (Å²) >= 11 is 0. The Bertz CT molecular complexity index is 1320. The first-order valence-corrected chi connectivity index (χ1v) is 13.0. The summed E-state index contributed by atoms with van der Waals surface area (Å²) < 4.78 is 23.2. The zero-order chi connectivity index (χ0) is 27.9. The number of fused-ring (bicyclic) bond motifs is 2. The SMILES string of the molecule is Cn1c(-c2ccccc2)nn(CCCN2C3CCC2CC(OCc2ccccc2F)C3)c1=O.O=C(O)C(=O)O. The number of rotatable bonds is 8. The first-order valence-electron chi connectivity index (χ1n) is 13.0. The molecule has 2 aliphatic heterocycles. The number of hydrogen-bond acceptors (Lipinski definition) is 6. The quantitative estimate of drug-likeness (QED) is 0.417. The second-order valence-electron chi connectivity index (χ2n) is 9.84. The lowest BCUT2D eigenvalue weighted by molar-refractivity contribution is -0.159. The molecule has 0 saturated carbocycles. The van der Waals surface area contributed by atoms with Gasteiger partial charge in [-0.05, 0) is 38.2 Å². The fourth-order valence-electron chi connectivity index (χ4n) is 5.42. The molecule has 39 heavy (non-hydrogen) atoms. The van der Waals surface area contributed by atoms with Gasteiger partial charge in [0.15, 0.2) is 5.82 Å². The molecule has 2 atom stereocenters. The minimum absolute atomic E-state index is 0.0722. The maximum Gasteiger partial charge on any atom is 0.414 e. The Morgan fingerprint density at radius 1 is 0.974 bits per heavy atom. The minimum atomic E-state index is -1.82. The molecule has 0 amide bonds. The zero-order valence-corrected chi connectivity index (χ0v) is 21.8. The average Bonchev–Trinajstić information content (AvgIpc) is 3.34. The van der Waals surface area contributed by atoms with E-state index in [2.05, 4.69) is 10.00 Å². The van der Waals surface area contributed by atoms with Crippen molar-refractivity contribution in [3.05, 3.63) is 76.5 Å². The number of carboxylic acid groups (broad SMARTS) is 2. The summed E-state index contributed by atoms with van der Waals surface area (Å²) in [6.45, 7) is 1.91. The monoisotopic (exact) mass is 540 g/mol. The molecule has 0 radical (unpaired) electrons. The van der Waals surface area contributed by atoms with Crippen LogP contribution in [0.25, 0.3) is 11.4 Å². The predicted octanol–water partition coefficient (Wildman–Crippen LogP) is 3.15. The molecule has 2 saturated heterocycles. The van der Waals surface area contributed by atoms with Crippen LogP contribution in [0.5, 0.6) is 0 Å². The van der Waals surface area contributed by atoms with Gasteiger partial charge in [-0.25, -0.2) is 23.5 Å². The number of aryl methyl sites for hydroxylation is 1. The summed E-state index contributed by atoms with van der Waals surface area (Å²) in [4.78, 5) is 33.4. The number of carbonyl (C=O) groups is 2. The van der Waals surface area contributed by atoms with E-state index in [9.17, 15) is 9.18 Å². The summed E-state index contributed by atoms with van der Waals surface area (Å²) in [6, 6.07) is 17.7. The Hall–Kier alpha value is -3.83. The Labute approximate surface area is 225 Å². The van der Waals surface area contributed by atoms with Crippen LogP contribution in [0, 0.1) is 5.82 Å². The number of ether oxygens (including phenoxy) is 1. The van der Waals surface area contributed by atoms with Gasteiger partial charge in [0.2, 0.25) is 0 Å². The van der Waals surface area contributed by atoms with Crippen molar-refractivity contribution in [2.45, 2.75) is 63.4 Å². The van der Waals surface area contributed by atoms with Gasteiger partial charge >= 0.3 is 17.6 Å². The Morgan fingerprint density at radius 3 is 2.21 bits per heavy atom. The third-order valence-electron chi connectivity index (χ3n) is 7.32. The molecule has 2 bridgehead atoms. The van der Waals surface area contributed by atoms with Crippen LogP contribution in [-0.4, -0.2) is 66.1 Å². The Balaban J connectivity index is 0.000000531. The van der Waals surface area contributed by atoms with Crippen LogP contribution in [0.2, 0.25) is 0 Å². The van der Waals surface area contributed by atoms with Crippen molar-refractivity contribution >= 4 is 11.9 Å². The van der Waals surface area contributed by atoms with Gasteiger partial charge in [-0.3, -0.25) is 9.47 Å². The molecule has 208 valence electrons. The highest BCUT2D eigenvalue weighted by Crippen LogP contribution is 2.37. The number of nitrogens with zero attached hydrogens (tertiary/aromatic N) is 4. The van der Waals surface area contributed by atoms with Crippen LogP contribution >= 0.6 is 0 Å². The van der Waals surface area contributed by atoms with Crippen molar-refractivity contribution in [3.8, 4) is 11.4 Å². The summed E-state index contributed by atoms with van der Waals surface area (Å²) in [6.07, 6.45) is 5.43. The van der Waals surface area contributed by atoms with E-state index in [1.165, 1.54) is 18.9 Å². The highest BCUT2D eigenvalue weighted by Gasteiger charge is 2.40. The lowest BCUT2D eigenvalue weighted by Crippen LogP contribution is -2.46. The second-order valence-corrected chi connectivity index (χ2v) is 9.84. The normalized spacial score (nSPS) is 20.3. The Kier molecular flexibility index (Phi) is 9.26. The molecule has 2 N–H and O–H groups in total. The number of benzene rings is 2. The van der Waals surface area contributed by atoms with Gasteiger partial charge in [0.1, 0.15) is 5.82 Å². The van der Waals surface area contributed by atoms with Gasteiger partial charge in [-0.2, -0.15) is 0 Å². The van der Waals surface area contributed by atoms with Crippen molar-refractivity contribution < 1.29 is 28.9 Å². The van der Waals surface area contributed by atoms with Gasteiger partial charge in [0.05, 0.1) is 12.7 Å². The summed E-state index contributed by atoms with van der Waals surface area (Å²) in [7, 11) is 1.78. The molecule has 2 unspecified atom stereocenters. The van der Waals surface area contributed by atoms with E-state index < -0.39 is 11.9 Å². The summed E-state index contributed by atoms with van der Waals surface area (Å²) in [5, 5.41) is 19.4. The maximum atomic E-state index is 13.9. The molecular formula is C28H33FN4O6. The van der Waals surface area contributed by atoms with Crippen LogP contribution in [0.4, 0.5) is 4.39 Å². The number of aromatic nitrogens is 3.